The fourth-order valence-corrected chi connectivity index (χ4v) is 2.25. The van der Waals surface area contributed by atoms with Crippen molar-refractivity contribution in [3.8, 4) is 0 Å². The van der Waals surface area contributed by atoms with Crippen LogP contribution >= 0.6 is 0 Å². The van der Waals surface area contributed by atoms with Crippen LogP contribution in [0.2, 0.25) is 0 Å². The largest absolute Gasteiger partial charge is 0.383 e. The van der Waals surface area contributed by atoms with Crippen LogP contribution in [0, 0.1) is 5.82 Å². The normalized spacial score (nSPS) is 20.5. The van der Waals surface area contributed by atoms with Crippen LogP contribution in [0.15, 0.2) is 18.2 Å². The minimum Gasteiger partial charge on any atom is -0.383 e. The van der Waals surface area contributed by atoms with Crippen LogP contribution in [0.3, 0.4) is 0 Å². The molecule has 1 aromatic carbocycles. The molecule has 1 fully saturated rings. The van der Waals surface area contributed by atoms with Gasteiger partial charge in [-0.1, -0.05) is 0 Å². The number of benzene rings is 1. The lowest BCUT2D eigenvalue weighted by Crippen LogP contribution is -2.26. The number of halogens is 1. The van der Waals surface area contributed by atoms with Gasteiger partial charge in [-0.05, 0) is 37.5 Å². The number of hydrogen-bond donors (Lipinski definition) is 1. The lowest BCUT2D eigenvalue weighted by Gasteiger charge is -2.24. The van der Waals surface area contributed by atoms with Gasteiger partial charge in [0.15, 0.2) is 0 Å². The van der Waals surface area contributed by atoms with Crippen LogP contribution < -0.4 is 10.2 Å². The molecular formula is C12H15FN2. The van der Waals surface area contributed by atoms with E-state index in [1.54, 1.807) is 6.07 Å². The summed E-state index contributed by atoms with van der Waals surface area (Å²) in [5.74, 6) is -0.136. The van der Waals surface area contributed by atoms with Crippen molar-refractivity contribution < 1.29 is 4.39 Å². The van der Waals surface area contributed by atoms with E-state index in [4.69, 9.17) is 0 Å². The van der Waals surface area contributed by atoms with Crippen molar-refractivity contribution in [1.82, 2.24) is 0 Å². The zero-order valence-electron chi connectivity index (χ0n) is 8.67. The van der Waals surface area contributed by atoms with E-state index in [1.165, 1.54) is 18.9 Å². The van der Waals surface area contributed by atoms with Gasteiger partial charge in [0.25, 0.3) is 0 Å². The Bertz CT molecular complexity index is 374. The second-order valence-electron chi connectivity index (χ2n) is 4.37. The van der Waals surface area contributed by atoms with Gasteiger partial charge in [-0.2, -0.15) is 0 Å². The highest BCUT2D eigenvalue weighted by Crippen LogP contribution is 2.37. The molecule has 3 rings (SSSR count). The average Bonchev–Trinajstić information content (AvgIpc) is 3.01. The molecule has 0 unspecified atom stereocenters. The molecule has 0 atom stereocenters. The van der Waals surface area contributed by atoms with E-state index in [0.717, 1.165) is 30.9 Å². The van der Waals surface area contributed by atoms with Crippen LogP contribution in [0.1, 0.15) is 19.3 Å². The summed E-state index contributed by atoms with van der Waals surface area (Å²) in [7, 11) is 0. The molecule has 1 saturated carbocycles. The molecule has 1 aromatic rings. The molecule has 0 saturated heterocycles. The van der Waals surface area contributed by atoms with Crippen molar-refractivity contribution in [3.63, 3.8) is 0 Å². The van der Waals surface area contributed by atoms with E-state index < -0.39 is 0 Å². The molecule has 80 valence electrons. The number of nitrogens with one attached hydrogen (secondary N) is 1. The van der Waals surface area contributed by atoms with Crippen molar-refractivity contribution in [2.45, 2.75) is 25.3 Å². The van der Waals surface area contributed by atoms with Crippen molar-refractivity contribution in [2.75, 3.05) is 23.3 Å². The second-order valence-corrected chi connectivity index (χ2v) is 4.37. The van der Waals surface area contributed by atoms with E-state index in [2.05, 4.69) is 10.2 Å². The summed E-state index contributed by atoms with van der Waals surface area (Å²) in [5.41, 5.74) is 2.14. The van der Waals surface area contributed by atoms with Gasteiger partial charge >= 0.3 is 0 Å². The van der Waals surface area contributed by atoms with Crippen LogP contribution in [0.25, 0.3) is 0 Å². The summed E-state index contributed by atoms with van der Waals surface area (Å²) in [6.45, 7) is 2.04. The molecule has 1 aliphatic carbocycles. The van der Waals surface area contributed by atoms with Gasteiger partial charge in [0.05, 0.1) is 11.4 Å². The third kappa shape index (κ3) is 1.66. The van der Waals surface area contributed by atoms with Crippen molar-refractivity contribution >= 4 is 11.4 Å². The Kier molecular flexibility index (Phi) is 2.04. The number of anilines is 2. The van der Waals surface area contributed by atoms with Gasteiger partial charge < -0.3 is 10.2 Å². The summed E-state index contributed by atoms with van der Waals surface area (Å²) in [4.78, 5) is 2.36. The third-order valence-corrected chi connectivity index (χ3v) is 3.15. The number of hydrogen-bond acceptors (Lipinski definition) is 2. The zero-order chi connectivity index (χ0) is 10.3. The van der Waals surface area contributed by atoms with Crippen LogP contribution in [-0.2, 0) is 0 Å². The molecule has 1 heterocycles. The van der Waals surface area contributed by atoms with Gasteiger partial charge in [-0.25, -0.2) is 4.39 Å². The summed E-state index contributed by atoms with van der Waals surface area (Å²) in [5, 5.41) is 3.36. The number of rotatable bonds is 1. The molecule has 1 N–H and O–H groups in total. The fourth-order valence-electron chi connectivity index (χ4n) is 2.25. The first-order valence-electron chi connectivity index (χ1n) is 5.65. The molecule has 15 heavy (non-hydrogen) atoms. The predicted molar refractivity (Wildman–Crippen MR) is 59.9 cm³/mol. The molecular weight excluding hydrogens is 191 g/mol. The Hall–Kier alpha value is -1.25. The summed E-state index contributed by atoms with van der Waals surface area (Å²) < 4.78 is 13.2. The minimum absolute atomic E-state index is 0.136. The molecule has 0 radical (unpaired) electrons. The molecule has 0 aromatic heterocycles. The molecule has 2 aliphatic rings. The fraction of sp³-hybridized carbons (Fsp3) is 0.500. The van der Waals surface area contributed by atoms with Gasteiger partial charge in [0, 0.05) is 19.1 Å². The van der Waals surface area contributed by atoms with Crippen LogP contribution in [0.5, 0.6) is 0 Å². The Morgan fingerprint density at radius 3 is 3.00 bits per heavy atom. The molecule has 0 spiro atoms. The van der Waals surface area contributed by atoms with E-state index in [9.17, 15) is 4.39 Å². The molecule has 1 aliphatic heterocycles. The van der Waals surface area contributed by atoms with Crippen molar-refractivity contribution in [2.24, 2.45) is 0 Å². The standard InChI is InChI=1S/C12H15FN2/c13-9-2-5-11-12(8-9)15(10-3-4-10)7-1-6-14-11/h2,5,8,10,14H,1,3-4,6-7H2. The quantitative estimate of drug-likeness (QED) is 0.759. The maximum absolute atomic E-state index is 13.2. The third-order valence-electron chi connectivity index (χ3n) is 3.15. The van der Waals surface area contributed by atoms with E-state index in [-0.39, 0.29) is 5.82 Å². The smallest absolute Gasteiger partial charge is 0.125 e. The topological polar surface area (TPSA) is 15.3 Å². The first kappa shape index (κ1) is 9.01. The van der Waals surface area contributed by atoms with E-state index in [1.807, 2.05) is 6.07 Å². The average molecular weight is 206 g/mol. The minimum atomic E-state index is -0.136. The monoisotopic (exact) mass is 206 g/mol. The first-order chi connectivity index (χ1) is 7.34. The SMILES string of the molecule is Fc1ccc2c(c1)N(C1CC1)CCCN2. The van der Waals surface area contributed by atoms with Crippen molar-refractivity contribution in [1.29, 1.82) is 0 Å². The Morgan fingerprint density at radius 2 is 2.20 bits per heavy atom. The zero-order valence-corrected chi connectivity index (χ0v) is 8.67. The summed E-state index contributed by atoms with van der Waals surface area (Å²) in [6, 6.07) is 5.70. The van der Waals surface area contributed by atoms with Crippen LogP contribution in [-0.4, -0.2) is 19.1 Å². The van der Waals surface area contributed by atoms with Crippen molar-refractivity contribution in [3.05, 3.63) is 24.0 Å². The number of nitrogens with zero attached hydrogens (tertiary/aromatic N) is 1. The van der Waals surface area contributed by atoms with Gasteiger partial charge in [-0.3, -0.25) is 0 Å². The highest BCUT2D eigenvalue weighted by atomic mass is 19.1. The van der Waals surface area contributed by atoms with Gasteiger partial charge in [0.2, 0.25) is 0 Å². The predicted octanol–water partition coefficient (Wildman–Crippen LogP) is 2.61. The lowest BCUT2D eigenvalue weighted by molar-refractivity contribution is 0.626. The highest BCUT2D eigenvalue weighted by Gasteiger charge is 2.31. The van der Waals surface area contributed by atoms with Gasteiger partial charge in [-0.15, -0.1) is 0 Å². The molecule has 0 amide bonds. The first-order valence-corrected chi connectivity index (χ1v) is 5.65. The van der Waals surface area contributed by atoms with E-state index in [0.29, 0.717) is 6.04 Å². The van der Waals surface area contributed by atoms with Crippen LogP contribution in [0.4, 0.5) is 15.8 Å². The van der Waals surface area contributed by atoms with E-state index >= 15 is 0 Å². The maximum Gasteiger partial charge on any atom is 0.125 e. The Morgan fingerprint density at radius 1 is 1.33 bits per heavy atom. The highest BCUT2D eigenvalue weighted by molar-refractivity contribution is 5.71. The summed E-state index contributed by atoms with van der Waals surface area (Å²) in [6.07, 6.45) is 3.65. The maximum atomic E-state index is 13.2. The second kappa shape index (κ2) is 3.40. The molecule has 2 nitrogen and oxygen atoms in total. The Labute approximate surface area is 89.1 Å². The molecule has 0 bridgehead atoms. The lowest BCUT2D eigenvalue weighted by atomic mass is 10.2. The molecule has 3 heteroatoms. The Balaban J connectivity index is 2.02. The van der Waals surface area contributed by atoms with Gasteiger partial charge in [0.1, 0.15) is 5.82 Å². The number of fused-ring (bicyclic) bond motifs is 1. The summed E-state index contributed by atoms with van der Waals surface area (Å²) >= 11 is 0.